The molecule has 1 aliphatic carbocycles. The Morgan fingerprint density at radius 3 is 2.31 bits per heavy atom. The smallest absolute Gasteiger partial charge is 0.0251 e. The van der Waals surface area contributed by atoms with Gasteiger partial charge in [0.25, 0.3) is 0 Å². The molecule has 1 saturated carbocycles. The molecule has 0 radical (unpaired) electrons. The number of piperazine rings is 1. The molecule has 2 nitrogen and oxygen atoms in total. The normalized spacial score (nSPS) is 43.2. The van der Waals surface area contributed by atoms with Crippen LogP contribution in [0.1, 0.15) is 32.6 Å². The van der Waals surface area contributed by atoms with E-state index in [0.29, 0.717) is 0 Å². The predicted molar refractivity (Wildman–Crippen MR) is 55.9 cm³/mol. The topological polar surface area (TPSA) is 6.48 Å². The summed E-state index contributed by atoms with van der Waals surface area (Å²) in [4.78, 5) is 5.18. The maximum Gasteiger partial charge on any atom is 0.0251 e. The highest BCUT2D eigenvalue weighted by Crippen LogP contribution is 2.30. The van der Waals surface area contributed by atoms with Gasteiger partial charge in [-0.15, -0.1) is 0 Å². The van der Waals surface area contributed by atoms with Gasteiger partial charge in [-0.1, -0.05) is 12.8 Å². The van der Waals surface area contributed by atoms with Crippen LogP contribution in [0.25, 0.3) is 0 Å². The van der Waals surface area contributed by atoms with Crippen molar-refractivity contribution in [2.45, 2.75) is 50.7 Å². The molecule has 0 N–H and O–H groups in total. The Hall–Kier alpha value is -0.0800. The highest BCUT2D eigenvalue weighted by molar-refractivity contribution is 4.94. The molecule has 2 aliphatic rings. The molecule has 1 heterocycles. The van der Waals surface area contributed by atoms with Crippen LogP contribution >= 0.6 is 0 Å². The van der Waals surface area contributed by atoms with Crippen molar-refractivity contribution < 1.29 is 0 Å². The molecule has 0 bridgehead atoms. The zero-order valence-corrected chi connectivity index (χ0v) is 9.16. The summed E-state index contributed by atoms with van der Waals surface area (Å²) in [5.41, 5.74) is 0. The van der Waals surface area contributed by atoms with E-state index in [1.165, 1.54) is 32.2 Å². The van der Waals surface area contributed by atoms with Gasteiger partial charge in [0.1, 0.15) is 0 Å². The summed E-state index contributed by atoms with van der Waals surface area (Å²) in [5.74, 6) is 0. The molecule has 0 spiro atoms. The number of hydrogen-bond donors (Lipinski definition) is 0. The highest BCUT2D eigenvalue weighted by atomic mass is 15.3. The van der Waals surface area contributed by atoms with E-state index in [9.17, 15) is 0 Å². The lowest BCUT2D eigenvalue weighted by atomic mass is 9.85. The lowest BCUT2D eigenvalue weighted by molar-refractivity contribution is -0.00717. The quantitative estimate of drug-likeness (QED) is 0.561. The molecule has 1 saturated heterocycles. The molecule has 0 aromatic heterocycles. The van der Waals surface area contributed by atoms with Crippen molar-refractivity contribution in [3.63, 3.8) is 0 Å². The monoisotopic (exact) mass is 182 g/mol. The third kappa shape index (κ3) is 1.62. The third-order valence-electron chi connectivity index (χ3n) is 4.03. The Balaban J connectivity index is 2.10. The van der Waals surface area contributed by atoms with Gasteiger partial charge in [-0.25, -0.2) is 0 Å². The van der Waals surface area contributed by atoms with E-state index in [4.69, 9.17) is 0 Å². The average molecular weight is 182 g/mol. The molecule has 2 heteroatoms. The van der Waals surface area contributed by atoms with Crippen molar-refractivity contribution in [3.8, 4) is 0 Å². The SMILES string of the molecule is CC1CN(C)C2CCCCC2N1C. The Morgan fingerprint density at radius 2 is 1.62 bits per heavy atom. The summed E-state index contributed by atoms with van der Waals surface area (Å²) in [7, 11) is 4.60. The van der Waals surface area contributed by atoms with E-state index in [1.54, 1.807) is 0 Å². The van der Waals surface area contributed by atoms with Gasteiger partial charge in [0.2, 0.25) is 0 Å². The summed E-state index contributed by atoms with van der Waals surface area (Å²) in [6, 6.07) is 2.42. The highest BCUT2D eigenvalue weighted by Gasteiger charge is 2.37. The molecule has 3 unspecified atom stereocenters. The van der Waals surface area contributed by atoms with E-state index in [0.717, 1.165) is 18.1 Å². The first-order chi connectivity index (χ1) is 6.20. The lowest BCUT2D eigenvalue weighted by Crippen LogP contribution is -2.61. The summed E-state index contributed by atoms with van der Waals surface area (Å²) < 4.78 is 0. The molecule has 1 aliphatic heterocycles. The predicted octanol–water partition coefficient (Wildman–Crippen LogP) is 1.56. The van der Waals surface area contributed by atoms with Crippen molar-refractivity contribution in [2.75, 3.05) is 20.6 Å². The van der Waals surface area contributed by atoms with Gasteiger partial charge in [-0.2, -0.15) is 0 Å². The second-order valence-corrected chi connectivity index (χ2v) is 4.87. The number of likely N-dealkylation sites (N-methyl/N-ethyl adjacent to an activating group) is 2. The fraction of sp³-hybridized carbons (Fsp3) is 1.00. The van der Waals surface area contributed by atoms with Crippen molar-refractivity contribution in [1.29, 1.82) is 0 Å². The van der Waals surface area contributed by atoms with Crippen molar-refractivity contribution in [3.05, 3.63) is 0 Å². The van der Waals surface area contributed by atoms with Gasteiger partial charge in [0.05, 0.1) is 0 Å². The Morgan fingerprint density at radius 1 is 1.00 bits per heavy atom. The molecular weight excluding hydrogens is 160 g/mol. The molecule has 76 valence electrons. The van der Waals surface area contributed by atoms with E-state index < -0.39 is 0 Å². The lowest BCUT2D eigenvalue weighted by Gasteiger charge is -2.50. The summed E-state index contributed by atoms with van der Waals surface area (Å²) in [6.07, 6.45) is 5.70. The fourth-order valence-corrected chi connectivity index (χ4v) is 3.09. The number of rotatable bonds is 0. The molecular formula is C11H22N2. The maximum absolute atomic E-state index is 2.60. The zero-order valence-electron chi connectivity index (χ0n) is 9.16. The molecule has 2 fully saturated rings. The van der Waals surface area contributed by atoms with Crippen LogP contribution in [0.5, 0.6) is 0 Å². The van der Waals surface area contributed by atoms with Gasteiger partial charge >= 0.3 is 0 Å². The molecule has 0 aromatic rings. The van der Waals surface area contributed by atoms with Crippen LogP contribution in [0.4, 0.5) is 0 Å². The first kappa shape index (κ1) is 9.47. The van der Waals surface area contributed by atoms with E-state index in [-0.39, 0.29) is 0 Å². The molecule has 3 atom stereocenters. The third-order valence-corrected chi connectivity index (χ3v) is 4.03. The van der Waals surface area contributed by atoms with Crippen LogP contribution in [0.15, 0.2) is 0 Å². The fourth-order valence-electron chi connectivity index (χ4n) is 3.09. The van der Waals surface area contributed by atoms with Crippen LogP contribution in [0, 0.1) is 0 Å². The zero-order chi connectivity index (χ0) is 9.42. The van der Waals surface area contributed by atoms with Gasteiger partial charge in [0, 0.05) is 24.7 Å². The van der Waals surface area contributed by atoms with Crippen molar-refractivity contribution in [2.24, 2.45) is 0 Å². The minimum absolute atomic E-state index is 0.740. The van der Waals surface area contributed by atoms with Crippen LogP contribution in [0.2, 0.25) is 0 Å². The van der Waals surface area contributed by atoms with E-state index in [2.05, 4.69) is 30.8 Å². The molecule has 0 aromatic carbocycles. The molecule has 13 heavy (non-hydrogen) atoms. The van der Waals surface area contributed by atoms with Crippen LogP contribution in [-0.2, 0) is 0 Å². The standard InChI is InChI=1S/C11H22N2/c1-9-8-12(2)10-6-4-5-7-11(10)13(9)3/h9-11H,4-8H2,1-3H3. The number of nitrogens with zero attached hydrogens (tertiary/aromatic N) is 2. The Labute approximate surface area is 81.9 Å². The summed E-state index contributed by atoms with van der Waals surface area (Å²) >= 11 is 0. The number of fused-ring (bicyclic) bond motifs is 1. The summed E-state index contributed by atoms with van der Waals surface area (Å²) in [5, 5.41) is 0. The second kappa shape index (κ2) is 3.58. The maximum atomic E-state index is 2.60. The van der Waals surface area contributed by atoms with E-state index in [1.807, 2.05) is 0 Å². The first-order valence-corrected chi connectivity index (χ1v) is 5.62. The molecule has 2 rings (SSSR count). The first-order valence-electron chi connectivity index (χ1n) is 5.62. The van der Waals surface area contributed by atoms with Crippen molar-refractivity contribution in [1.82, 2.24) is 9.80 Å². The van der Waals surface area contributed by atoms with Gasteiger partial charge < -0.3 is 4.90 Å². The van der Waals surface area contributed by atoms with Crippen LogP contribution < -0.4 is 0 Å². The largest absolute Gasteiger partial charge is 0.300 e. The Bertz CT molecular complexity index is 181. The van der Waals surface area contributed by atoms with Crippen LogP contribution in [0.3, 0.4) is 0 Å². The number of hydrogen-bond acceptors (Lipinski definition) is 2. The minimum Gasteiger partial charge on any atom is -0.300 e. The Kier molecular flexibility index (Phi) is 2.61. The second-order valence-electron chi connectivity index (χ2n) is 4.87. The van der Waals surface area contributed by atoms with Gasteiger partial charge in [-0.05, 0) is 33.9 Å². The minimum atomic E-state index is 0.740. The van der Waals surface area contributed by atoms with Crippen LogP contribution in [-0.4, -0.2) is 48.6 Å². The molecule has 0 amide bonds. The van der Waals surface area contributed by atoms with Gasteiger partial charge in [0.15, 0.2) is 0 Å². The van der Waals surface area contributed by atoms with E-state index >= 15 is 0 Å². The van der Waals surface area contributed by atoms with Crippen molar-refractivity contribution >= 4 is 0 Å². The van der Waals surface area contributed by atoms with Gasteiger partial charge in [-0.3, -0.25) is 4.90 Å². The summed E-state index contributed by atoms with van der Waals surface area (Å²) in [6.45, 7) is 3.60. The average Bonchev–Trinajstić information content (AvgIpc) is 2.15.